The van der Waals surface area contributed by atoms with Crippen molar-refractivity contribution < 1.29 is 8.42 Å². The summed E-state index contributed by atoms with van der Waals surface area (Å²) < 4.78 is 23.7. The predicted molar refractivity (Wildman–Crippen MR) is 57.2 cm³/mol. The lowest BCUT2D eigenvalue weighted by Crippen LogP contribution is -2.11. The maximum atomic E-state index is 11.4. The van der Waals surface area contributed by atoms with E-state index in [9.17, 15) is 8.42 Å². The summed E-state index contributed by atoms with van der Waals surface area (Å²) in [5, 5.41) is 7.45. The molecular formula is C9H11N3O2S. The van der Waals surface area contributed by atoms with Crippen molar-refractivity contribution in [3.63, 3.8) is 0 Å². The second kappa shape index (κ2) is 3.03. The van der Waals surface area contributed by atoms with Gasteiger partial charge in [0, 0.05) is 0 Å². The van der Waals surface area contributed by atoms with Crippen LogP contribution in [0.15, 0.2) is 12.1 Å². The highest BCUT2D eigenvalue weighted by molar-refractivity contribution is 7.89. The Labute approximate surface area is 87.8 Å². The van der Waals surface area contributed by atoms with Crippen LogP contribution in [0.3, 0.4) is 0 Å². The molecule has 2 aromatic rings. The van der Waals surface area contributed by atoms with E-state index in [1.807, 2.05) is 19.9 Å². The van der Waals surface area contributed by atoms with E-state index in [0.717, 1.165) is 21.5 Å². The topological polar surface area (TPSA) is 64.8 Å². The van der Waals surface area contributed by atoms with Crippen LogP contribution in [0.1, 0.15) is 11.1 Å². The van der Waals surface area contributed by atoms with Gasteiger partial charge in [-0.15, -0.1) is 9.19 Å². The zero-order valence-corrected chi connectivity index (χ0v) is 9.54. The molecule has 0 saturated carbocycles. The molecular weight excluding hydrogens is 214 g/mol. The number of hydrogen-bond acceptors (Lipinski definition) is 4. The predicted octanol–water partition coefficient (Wildman–Crippen LogP) is 0.856. The first kappa shape index (κ1) is 10.1. The van der Waals surface area contributed by atoms with Gasteiger partial charge in [0.25, 0.3) is 10.0 Å². The number of fused-ring (bicyclic) bond motifs is 1. The SMILES string of the molecule is Cc1cc2nnn(S(C)(=O)=O)c2cc1C. The number of rotatable bonds is 1. The Bertz CT molecular complexity index is 628. The Morgan fingerprint density at radius 1 is 1.20 bits per heavy atom. The first-order valence-corrected chi connectivity index (χ1v) is 6.27. The zero-order valence-electron chi connectivity index (χ0n) is 8.72. The fraction of sp³-hybridized carbons (Fsp3) is 0.333. The average Bonchev–Trinajstić information content (AvgIpc) is 2.47. The van der Waals surface area contributed by atoms with Crippen molar-refractivity contribution in [2.45, 2.75) is 13.8 Å². The average molecular weight is 225 g/mol. The van der Waals surface area contributed by atoms with E-state index in [1.165, 1.54) is 0 Å². The number of aromatic nitrogens is 3. The monoisotopic (exact) mass is 225 g/mol. The Hall–Kier alpha value is -1.43. The molecule has 0 fully saturated rings. The molecule has 2 rings (SSSR count). The standard InChI is InChI=1S/C9H11N3O2S/c1-6-4-8-9(5-7(6)2)12(11-10-8)15(3,13)14/h4-5H,1-3H3. The van der Waals surface area contributed by atoms with Crippen molar-refractivity contribution in [3.05, 3.63) is 23.3 Å². The minimum Gasteiger partial charge on any atom is -0.205 e. The molecule has 0 N–H and O–H groups in total. The van der Waals surface area contributed by atoms with Gasteiger partial charge in [0.05, 0.1) is 6.26 Å². The van der Waals surface area contributed by atoms with Crippen LogP contribution in [0.25, 0.3) is 11.0 Å². The van der Waals surface area contributed by atoms with Gasteiger partial charge >= 0.3 is 0 Å². The lowest BCUT2D eigenvalue weighted by Gasteiger charge is -2.01. The Kier molecular flexibility index (Phi) is 2.04. The molecule has 1 heterocycles. The molecule has 5 nitrogen and oxygen atoms in total. The van der Waals surface area contributed by atoms with E-state index < -0.39 is 10.0 Å². The van der Waals surface area contributed by atoms with Gasteiger partial charge in [-0.3, -0.25) is 0 Å². The summed E-state index contributed by atoms with van der Waals surface area (Å²) in [5.74, 6) is 0. The lowest BCUT2D eigenvalue weighted by molar-refractivity contribution is 0.586. The highest BCUT2D eigenvalue weighted by Gasteiger charge is 2.13. The molecule has 0 spiro atoms. The van der Waals surface area contributed by atoms with Gasteiger partial charge in [-0.05, 0) is 37.1 Å². The van der Waals surface area contributed by atoms with Crippen molar-refractivity contribution in [2.75, 3.05) is 6.26 Å². The highest BCUT2D eigenvalue weighted by Crippen LogP contribution is 2.17. The maximum Gasteiger partial charge on any atom is 0.252 e. The Morgan fingerprint density at radius 3 is 2.40 bits per heavy atom. The summed E-state index contributed by atoms with van der Waals surface area (Å²) >= 11 is 0. The summed E-state index contributed by atoms with van der Waals surface area (Å²) in [5.41, 5.74) is 3.22. The molecule has 0 aliphatic carbocycles. The third-order valence-corrected chi connectivity index (χ3v) is 3.24. The van der Waals surface area contributed by atoms with Gasteiger partial charge in [0.2, 0.25) is 0 Å². The van der Waals surface area contributed by atoms with Crippen molar-refractivity contribution >= 4 is 21.1 Å². The van der Waals surface area contributed by atoms with Crippen molar-refractivity contribution in [1.29, 1.82) is 0 Å². The number of aryl methyl sites for hydroxylation is 2. The Morgan fingerprint density at radius 2 is 1.80 bits per heavy atom. The van der Waals surface area contributed by atoms with E-state index in [2.05, 4.69) is 10.3 Å². The molecule has 0 amide bonds. The molecule has 0 bridgehead atoms. The molecule has 6 heteroatoms. The van der Waals surface area contributed by atoms with Crippen LogP contribution in [0.2, 0.25) is 0 Å². The van der Waals surface area contributed by atoms with Crippen LogP contribution in [-0.4, -0.2) is 29.1 Å². The van der Waals surface area contributed by atoms with Crippen LogP contribution < -0.4 is 0 Å². The lowest BCUT2D eigenvalue weighted by atomic mass is 10.1. The minimum absolute atomic E-state index is 0.528. The smallest absolute Gasteiger partial charge is 0.205 e. The fourth-order valence-electron chi connectivity index (χ4n) is 1.40. The van der Waals surface area contributed by atoms with E-state index >= 15 is 0 Å². The second-order valence-corrected chi connectivity index (χ2v) is 5.43. The summed E-state index contributed by atoms with van der Waals surface area (Å²) in [6.07, 6.45) is 1.11. The van der Waals surface area contributed by atoms with Gasteiger partial charge in [-0.2, -0.15) is 0 Å². The summed E-state index contributed by atoms with van der Waals surface area (Å²) in [4.78, 5) is 0. The molecule has 0 radical (unpaired) electrons. The largest absolute Gasteiger partial charge is 0.252 e. The summed E-state index contributed by atoms with van der Waals surface area (Å²) in [6.45, 7) is 3.88. The minimum atomic E-state index is -3.37. The normalized spacial score (nSPS) is 12.2. The third-order valence-electron chi connectivity index (χ3n) is 2.34. The van der Waals surface area contributed by atoms with Crippen LogP contribution in [0.4, 0.5) is 0 Å². The van der Waals surface area contributed by atoms with E-state index in [-0.39, 0.29) is 0 Å². The van der Waals surface area contributed by atoms with E-state index in [4.69, 9.17) is 0 Å². The van der Waals surface area contributed by atoms with Gasteiger partial charge in [0.1, 0.15) is 11.0 Å². The van der Waals surface area contributed by atoms with Crippen LogP contribution in [0.5, 0.6) is 0 Å². The molecule has 15 heavy (non-hydrogen) atoms. The van der Waals surface area contributed by atoms with E-state index in [1.54, 1.807) is 6.07 Å². The molecule has 0 aliphatic heterocycles. The van der Waals surface area contributed by atoms with Crippen LogP contribution in [0, 0.1) is 13.8 Å². The highest BCUT2D eigenvalue weighted by atomic mass is 32.2. The molecule has 80 valence electrons. The zero-order chi connectivity index (χ0) is 11.2. The number of nitrogens with zero attached hydrogens (tertiary/aromatic N) is 3. The van der Waals surface area contributed by atoms with Gasteiger partial charge < -0.3 is 0 Å². The van der Waals surface area contributed by atoms with Gasteiger partial charge in [-0.25, -0.2) is 8.42 Å². The Balaban J connectivity index is 2.87. The second-order valence-electron chi connectivity index (χ2n) is 3.62. The summed E-state index contributed by atoms with van der Waals surface area (Å²) in [7, 11) is -3.37. The molecule has 0 aliphatic rings. The van der Waals surface area contributed by atoms with Crippen molar-refractivity contribution in [3.8, 4) is 0 Å². The fourth-order valence-corrected chi connectivity index (χ4v) is 2.07. The third kappa shape index (κ3) is 1.61. The van der Waals surface area contributed by atoms with Crippen molar-refractivity contribution in [1.82, 2.24) is 14.4 Å². The first-order valence-electron chi connectivity index (χ1n) is 4.43. The molecule has 0 saturated heterocycles. The molecule has 0 atom stereocenters. The van der Waals surface area contributed by atoms with Crippen LogP contribution in [-0.2, 0) is 10.0 Å². The van der Waals surface area contributed by atoms with Gasteiger partial charge in [0.15, 0.2) is 0 Å². The summed E-state index contributed by atoms with van der Waals surface area (Å²) in [6, 6.07) is 3.62. The first-order chi connectivity index (χ1) is 6.89. The quantitative estimate of drug-likeness (QED) is 0.722. The number of benzene rings is 1. The molecule has 0 unspecified atom stereocenters. The number of hydrogen-bond donors (Lipinski definition) is 0. The van der Waals surface area contributed by atoms with Gasteiger partial charge in [-0.1, -0.05) is 5.21 Å². The van der Waals surface area contributed by atoms with Crippen LogP contribution >= 0.6 is 0 Å². The van der Waals surface area contributed by atoms with E-state index in [0.29, 0.717) is 11.0 Å². The molecule has 1 aromatic carbocycles. The maximum absolute atomic E-state index is 11.4. The van der Waals surface area contributed by atoms with Crippen molar-refractivity contribution in [2.24, 2.45) is 0 Å². The molecule has 1 aromatic heterocycles.